The van der Waals surface area contributed by atoms with E-state index >= 15 is 0 Å². The number of allylic oxidation sites excluding steroid dienone is 3. The fourth-order valence-electron chi connectivity index (χ4n) is 1.72. The topological polar surface area (TPSA) is 0 Å². The smallest absolute Gasteiger partial charge is 0.00199 e. The molecule has 0 heterocycles. The quantitative estimate of drug-likeness (QED) is 0.364. The Morgan fingerprint density at radius 1 is 1.36 bits per heavy atom. The molecule has 0 saturated heterocycles. The van der Waals surface area contributed by atoms with Crippen LogP contribution in [0.4, 0.5) is 0 Å². The van der Waals surface area contributed by atoms with Crippen molar-refractivity contribution in [1.82, 2.24) is 0 Å². The van der Waals surface area contributed by atoms with Crippen LogP contribution in [0.3, 0.4) is 0 Å². The first-order chi connectivity index (χ1) is 5.27. The second kappa shape index (κ2) is 3.41. The van der Waals surface area contributed by atoms with Crippen molar-refractivity contribution in [2.24, 2.45) is 11.8 Å². The van der Waals surface area contributed by atoms with Gasteiger partial charge in [-0.25, -0.2) is 0 Å². The number of hydrogen-bond donors (Lipinski definition) is 0. The summed E-state index contributed by atoms with van der Waals surface area (Å²) < 4.78 is 0. The lowest BCUT2D eigenvalue weighted by molar-refractivity contribution is 0.693. The first-order valence-corrected chi connectivity index (χ1v) is 3.93. The molecule has 2 atom stereocenters. The van der Waals surface area contributed by atoms with Crippen molar-refractivity contribution in [2.75, 3.05) is 0 Å². The van der Waals surface area contributed by atoms with Crippen molar-refractivity contribution >= 4 is 0 Å². The van der Waals surface area contributed by atoms with E-state index < -0.39 is 0 Å². The van der Waals surface area contributed by atoms with E-state index in [4.69, 9.17) is 0 Å². The minimum absolute atomic E-state index is 0.764. The maximum atomic E-state index is 3.99. The van der Waals surface area contributed by atoms with E-state index in [1.165, 1.54) is 18.4 Å². The lowest BCUT2D eigenvalue weighted by Crippen LogP contribution is -1.88. The summed E-state index contributed by atoms with van der Waals surface area (Å²) in [5, 5.41) is 0. The van der Waals surface area contributed by atoms with Gasteiger partial charge < -0.3 is 0 Å². The molecule has 1 fully saturated rings. The van der Waals surface area contributed by atoms with Crippen molar-refractivity contribution in [2.45, 2.75) is 12.8 Å². The van der Waals surface area contributed by atoms with E-state index in [0.29, 0.717) is 0 Å². The highest BCUT2D eigenvalue weighted by molar-refractivity contribution is 5.24. The SMILES string of the molecule is C=C1CC2C=CC1C2.C=C=C. The molecule has 0 N–H and O–H groups in total. The Bertz CT molecular complexity index is 214. The van der Waals surface area contributed by atoms with Crippen LogP contribution in [-0.2, 0) is 0 Å². The van der Waals surface area contributed by atoms with Gasteiger partial charge in [-0.1, -0.05) is 37.5 Å². The third-order valence-corrected chi connectivity index (χ3v) is 2.22. The predicted octanol–water partition coefficient (Wildman–Crippen LogP) is 3.10. The van der Waals surface area contributed by atoms with E-state index in [9.17, 15) is 0 Å². The van der Waals surface area contributed by atoms with Crippen LogP contribution in [0.25, 0.3) is 0 Å². The van der Waals surface area contributed by atoms with Crippen molar-refractivity contribution in [3.05, 3.63) is 43.2 Å². The second-order valence-electron chi connectivity index (χ2n) is 3.10. The Hall–Kier alpha value is -1.00. The Morgan fingerprint density at radius 2 is 2.00 bits per heavy atom. The second-order valence-corrected chi connectivity index (χ2v) is 3.10. The van der Waals surface area contributed by atoms with Crippen molar-refractivity contribution in [1.29, 1.82) is 0 Å². The molecule has 11 heavy (non-hydrogen) atoms. The zero-order valence-corrected chi connectivity index (χ0v) is 6.84. The van der Waals surface area contributed by atoms with Gasteiger partial charge in [-0.05, 0) is 24.7 Å². The Kier molecular flexibility index (Phi) is 2.51. The summed E-state index contributed by atoms with van der Waals surface area (Å²) in [5.74, 6) is 1.63. The Labute approximate surface area is 68.6 Å². The monoisotopic (exact) mass is 146 g/mol. The van der Waals surface area contributed by atoms with Crippen molar-refractivity contribution in [3.63, 3.8) is 0 Å². The van der Waals surface area contributed by atoms with Gasteiger partial charge >= 0.3 is 0 Å². The van der Waals surface area contributed by atoms with Crippen molar-refractivity contribution in [3.8, 4) is 0 Å². The molecule has 0 amide bonds. The van der Waals surface area contributed by atoms with Crippen LogP contribution in [0.1, 0.15) is 12.8 Å². The van der Waals surface area contributed by atoms with Gasteiger partial charge in [-0.3, -0.25) is 0 Å². The third-order valence-electron chi connectivity index (χ3n) is 2.22. The average molecular weight is 146 g/mol. The molecule has 0 heteroatoms. The van der Waals surface area contributed by atoms with Crippen molar-refractivity contribution < 1.29 is 0 Å². The van der Waals surface area contributed by atoms with E-state index in [2.05, 4.69) is 37.6 Å². The summed E-state index contributed by atoms with van der Waals surface area (Å²) in [4.78, 5) is 0. The van der Waals surface area contributed by atoms with Gasteiger partial charge in [0.2, 0.25) is 0 Å². The highest BCUT2D eigenvalue weighted by atomic mass is 14.3. The molecule has 0 nitrogen and oxygen atoms in total. The summed E-state index contributed by atoms with van der Waals surface area (Å²) in [6.07, 6.45) is 7.26. The minimum Gasteiger partial charge on any atom is -0.137 e. The maximum absolute atomic E-state index is 3.99. The zero-order valence-electron chi connectivity index (χ0n) is 6.84. The fourth-order valence-corrected chi connectivity index (χ4v) is 1.72. The first kappa shape index (κ1) is 8.10. The van der Waals surface area contributed by atoms with Crippen LogP contribution in [0.15, 0.2) is 43.2 Å². The maximum Gasteiger partial charge on any atom is -0.00199 e. The van der Waals surface area contributed by atoms with Gasteiger partial charge in [0.1, 0.15) is 0 Å². The summed E-state index contributed by atoms with van der Waals surface area (Å²) >= 11 is 0. The molecule has 0 aliphatic heterocycles. The lowest BCUT2D eigenvalue weighted by Gasteiger charge is -2.02. The zero-order chi connectivity index (χ0) is 8.27. The van der Waals surface area contributed by atoms with Crippen LogP contribution in [0.2, 0.25) is 0 Å². The molecule has 0 aromatic carbocycles. The Balaban J connectivity index is 0.000000179. The summed E-state index contributed by atoms with van der Waals surface area (Å²) in [7, 11) is 0. The van der Waals surface area contributed by atoms with Gasteiger partial charge in [0.25, 0.3) is 0 Å². The molecular formula is C11H14. The number of hydrogen-bond acceptors (Lipinski definition) is 0. The normalized spacial score (nSPS) is 31.1. The standard InChI is InChI=1S/C8H10.C3H4/c1-6-4-7-2-3-8(6)5-7;1-3-2/h2-3,7-8H,1,4-5H2;1-2H2. The molecule has 0 aromatic heterocycles. The number of fused-ring (bicyclic) bond motifs is 2. The predicted molar refractivity (Wildman–Crippen MR) is 49.3 cm³/mol. The summed E-state index contributed by atoms with van der Waals surface area (Å²) in [6, 6.07) is 0. The van der Waals surface area contributed by atoms with Gasteiger partial charge in [0, 0.05) is 0 Å². The highest BCUT2D eigenvalue weighted by Crippen LogP contribution is 2.41. The molecule has 2 aliphatic carbocycles. The first-order valence-electron chi connectivity index (χ1n) is 3.93. The fraction of sp³-hybridized carbons (Fsp3) is 0.364. The molecule has 2 rings (SSSR count). The van der Waals surface area contributed by atoms with Gasteiger partial charge in [0.05, 0.1) is 0 Å². The van der Waals surface area contributed by atoms with Crippen LogP contribution >= 0.6 is 0 Å². The van der Waals surface area contributed by atoms with Crippen LogP contribution in [-0.4, -0.2) is 0 Å². The summed E-state index contributed by atoms with van der Waals surface area (Å²) in [6.45, 7) is 10.2. The molecule has 1 saturated carbocycles. The van der Waals surface area contributed by atoms with E-state index in [1.54, 1.807) is 0 Å². The van der Waals surface area contributed by atoms with E-state index in [0.717, 1.165) is 11.8 Å². The van der Waals surface area contributed by atoms with Gasteiger partial charge in [0.15, 0.2) is 0 Å². The molecule has 2 aliphatic rings. The average Bonchev–Trinajstić information content (AvgIpc) is 2.48. The molecule has 0 radical (unpaired) electrons. The van der Waals surface area contributed by atoms with Crippen LogP contribution in [0, 0.1) is 11.8 Å². The third kappa shape index (κ3) is 1.72. The van der Waals surface area contributed by atoms with Gasteiger partial charge in [-0.2, -0.15) is 0 Å². The van der Waals surface area contributed by atoms with Gasteiger partial charge in [-0.15, -0.1) is 5.73 Å². The molecule has 2 unspecified atom stereocenters. The van der Waals surface area contributed by atoms with E-state index in [-0.39, 0.29) is 0 Å². The Morgan fingerprint density at radius 3 is 2.18 bits per heavy atom. The molecule has 2 bridgehead atoms. The van der Waals surface area contributed by atoms with E-state index in [1.807, 2.05) is 0 Å². The highest BCUT2D eigenvalue weighted by Gasteiger charge is 2.28. The molecule has 0 aromatic rings. The molecule has 58 valence electrons. The molecular weight excluding hydrogens is 132 g/mol. The van der Waals surface area contributed by atoms with Crippen LogP contribution < -0.4 is 0 Å². The minimum atomic E-state index is 0.764. The molecule has 0 spiro atoms. The van der Waals surface area contributed by atoms with Crippen LogP contribution in [0.5, 0.6) is 0 Å². The summed E-state index contributed by atoms with van der Waals surface area (Å²) in [5.41, 5.74) is 3.71. The number of rotatable bonds is 0. The largest absolute Gasteiger partial charge is 0.137 e. The lowest BCUT2D eigenvalue weighted by atomic mass is 10.0.